The van der Waals surface area contributed by atoms with Crippen molar-refractivity contribution in [3.8, 4) is 6.07 Å². The number of aryl methyl sites for hydroxylation is 1. The molecule has 0 aliphatic heterocycles. The van der Waals surface area contributed by atoms with Gasteiger partial charge in [0.2, 0.25) is 0 Å². The SMILES string of the molecule is Cc1ccc2cc(S(=O)(=O)CCC#N)ccc2c1. The van der Waals surface area contributed by atoms with Gasteiger partial charge in [0.05, 0.1) is 16.7 Å². The van der Waals surface area contributed by atoms with Gasteiger partial charge in [0, 0.05) is 6.42 Å². The lowest BCUT2D eigenvalue weighted by Gasteiger charge is -2.05. The zero-order chi connectivity index (χ0) is 13.2. The summed E-state index contributed by atoms with van der Waals surface area (Å²) in [5, 5.41) is 10.4. The fourth-order valence-corrected chi connectivity index (χ4v) is 3.01. The maximum Gasteiger partial charge on any atom is 0.179 e. The number of hydrogen-bond acceptors (Lipinski definition) is 3. The van der Waals surface area contributed by atoms with Gasteiger partial charge >= 0.3 is 0 Å². The quantitative estimate of drug-likeness (QED) is 0.851. The third-order valence-electron chi connectivity index (χ3n) is 2.81. The summed E-state index contributed by atoms with van der Waals surface area (Å²) in [6.07, 6.45) is 0.0221. The third kappa shape index (κ3) is 2.52. The number of hydrogen-bond donors (Lipinski definition) is 0. The van der Waals surface area contributed by atoms with Crippen molar-refractivity contribution >= 4 is 20.6 Å². The minimum atomic E-state index is -3.35. The molecule has 0 atom stereocenters. The average Bonchev–Trinajstić information content (AvgIpc) is 2.35. The van der Waals surface area contributed by atoms with E-state index in [0.29, 0.717) is 0 Å². The first-order valence-electron chi connectivity index (χ1n) is 5.63. The molecule has 0 radical (unpaired) electrons. The molecule has 0 fully saturated rings. The highest BCUT2D eigenvalue weighted by Crippen LogP contribution is 2.21. The lowest BCUT2D eigenvalue weighted by molar-refractivity contribution is 0.596. The Labute approximate surface area is 107 Å². The van der Waals surface area contributed by atoms with Crippen LogP contribution < -0.4 is 0 Å². The van der Waals surface area contributed by atoms with Crippen molar-refractivity contribution in [1.29, 1.82) is 5.26 Å². The van der Waals surface area contributed by atoms with Crippen LogP contribution in [0.4, 0.5) is 0 Å². The van der Waals surface area contributed by atoms with Crippen LogP contribution in [0.3, 0.4) is 0 Å². The standard InChI is InChI=1S/C14H13NO2S/c1-11-3-4-13-10-14(6-5-12(13)9-11)18(16,17)8-2-7-15/h3-6,9-10H,2,8H2,1H3. The minimum absolute atomic E-state index is 0.0221. The lowest BCUT2D eigenvalue weighted by atomic mass is 10.1. The molecule has 0 saturated carbocycles. The molecule has 0 amide bonds. The summed E-state index contributed by atoms with van der Waals surface area (Å²) in [6.45, 7) is 2.00. The normalized spacial score (nSPS) is 11.3. The summed E-state index contributed by atoms with van der Waals surface area (Å²) in [5.41, 5.74) is 1.14. The molecule has 4 heteroatoms. The summed E-state index contributed by atoms with van der Waals surface area (Å²) in [6, 6.07) is 12.8. The van der Waals surface area contributed by atoms with Gasteiger partial charge in [-0.25, -0.2) is 8.42 Å². The fraction of sp³-hybridized carbons (Fsp3) is 0.214. The van der Waals surface area contributed by atoms with Gasteiger partial charge in [-0.3, -0.25) is 0 Å². The topological polar surface area (TPSA) is 57.9 Å². The molecule has 2 aromatic rings. The monoisotopic (exact) mass is 259 g/mol. The van der Waals surface area contributed by atoms with Crippen LogP contribution in [0.5, 0.6) is 0 Å². The molecule has 2 aromatic carbocycles. The van der Waals surface area contributed by atoms with Crippen molar-refractivity contribution in [2.24, 2.45) is 0 Å². The Balaban J connectivity index is 2.48. The van der Waals surface area contributed by atoms with Gasteiger partial charge in [0.1, 0.15) is 0 Å². The van der Waals surface area contributed by atoms with Crippen LogP contribution in [-0.2, 0) is 9.84 Å². The number of rotatable bonds is 3. The summed E-state index contributed by atoms with van der Waals surface area (Å²) >= 11 is 0. The molecule has 0 heterocycles. The summed E-state index contributed by atoms with van der Waals surface area (Å²) in [4.78, 5) is 0.286. The van der Waals surface area contributed by atoms with Crippen LogP contribution in [0.15, 0.2) is 41.3 Å². The molecular formula is C14H13NO2S. The Bertz CT molecular complexity index is 727. The van der Waals surface area contributed by atoms with Crippen molar-refractivity contribution < 1.29 is 8.42 Å². The maximum atomic E-state index is 12.0. The second-order valence-electron chi connectivity index (χ2n) is 4.24. The summed E-state index contributed by atoms with van der Waals surface area (Å²) in [7, 11) is -3.35. The second kappa shape index (κ2) is 4.79. The van der Waals surface area contributed by atoms with Crippen LogP contribution in [0, 0.1) is 18.3 Å². The summed E-state index contributed by atoms with van der Waals surface area (Å²) < 4.78 is 23.9. The molecule has 0 spiro atoms. The van der Waals surface area contributed by atoms with Gasteiger partial charge < -0.3 is 0 Å². The molecule has 18 heavy (non-hydrogen) atoms. The highest BCUT2D eigenvalue weighted by atomic mass is 32.2. The van der Waals surface area contributed by atoms with Crippen LogP contribution >= 0.6 is 0 Å². The van der Waals surface area contributed by atoms with Gasteiger partial charge in [-0.1, -0.05) is 29.8 Å². The molecule has 0 saturated heterocycles. The molecule has 92 valence electrons. The second-order valence-corrected chi connectivity index (χ2v) is 6.35. The van der Waals surface area contributed by atoms with E-state index in [9.17, 15) is 8.42 Å². The molecule has 0 bridgehead atoms. The minimum Gasteiger partial charge on any atom is -0.224 e. The van der Waals surface area contributed by atoms with Crippen molar-refractivity contribution in [1.82, 2.24) is 0 Å². The smallest absolute Gasteiger partial charge is 0.179 e. The number of nitrogens with zero attached hydrogens (tertiary/aromatic N) is 1. The maximum absolute atomic E-state index is 12.0. The number of benzene rings is 2. The highest BCUT2D eigenvalue weighted by Gasteiger charge is 2.14. The number of sulfone groups is 1. The third-order valence-corrected chi connectivity index (χ3v) is 4.52. The van der Waals surface area contributed by atoms with Gasteiger partial charge in [-0.15, -0.1) is 0 Å². The van der Waals surface area contributed by atoms with Crippen LogP contribution in [-0.4, -0.2) is 14.2 Å². The molecule has 2 rings (SSSR count). The van der Waals surface area contributed by atoms with E-state index in [1.807, 2.05) is 37.3 Å². The van der Waals surface area contributed by atoms with Gasteiger partial charge in [0.25, 0.3) is 0 Å². The van der Waals surface area contributed by atoms with Crippen molar-refractivity contribution in [2.75, 3.05) is 5.75 Å². The fourth-order valence-electron chi connectivity index (χ4n) is 1.83. The van der Waals surface area contributed by atoms with Crippen molar-refractivity contribution in [3.05, 3.63) is 42.0 Å². The first-order chi connectivity index (χ1) is 8.53. The molecule has 3 nitrogen and oxygen atoms in total. The Morgan fingerprint density at radius 1 is 1.11 bits per heavy atom. The van der Waals surface area contributed by atoms with E-state index in [4.69, 9.17) is 5.26 Å². The summed E-state index contributed by atoms with van der Waals surface area (Å²) in [5.74, 6) is -0.124. The Morgan fingerprint density at radius 3 is 2.50 bits per heavy atom. The van der Waals surface area contributed by atoms with Gasteiger partial charge in [-0.2, -0.15) is 5.26 Å². The number of fused-ring (bicyclic) bond motifs is 1. The Kier molecular flexibility index (Phi) is 3.35. The molecule has 0 aromatic heterocycles. The van der Waals surface area contributed by atoms with E-state index in [0.717, 1.165) is 16.3 Å². The molecule has 0 aliphatic rings. The van der Waals surface area contributed by atoms with E-state index < -0.39 is 9.84 Å². The lowest BCUT2D eigenvalue weighted by Crippen LogP contribution is -2.06. The predicted molar refractivity (Wildman–Crippen MR) is 71.0 cm³/mol. The first-order valence-corrected chi connectivity index (χ1v) is 7.28. The first kappa shape index (κ1) is 12.6. The highest BCUT2D eigenvalue weighted by molar-refractivity contribution is 7.91. The molecular weight excluding hydrogens is 246 g/mol. The van der Waals surface area contributed by atoms with Crippen LogP contribution in [0.1, 0.15) is 12.0 Å². The molecule has 0 unspecified atom stereocenters. The van der Waals surface area contributed by atoms with Crippen molar-refractivity contribution in [2.45, 2.75) is 18.2 Å². The van der Waals surface area contributed by atoms with E-state index in [2.05, 4.69) is 0 Å². The van der Waals surface area contributed by atoms with E-state index in [1.165, 1.54) is 0 Å². The van der Waals surface area contributed by atoms with E-state index >= 15 is 0 Å². The Morgan fingerprint density at radius 2 is 1.78 bits per heavy atom. The largest absolute Gasteiger partial charge is 0.224 e. The van der Waals surface area contributed by atoms with Crippen molar-refractivity contribution in [3.63, 3.8) is 0 Å². The van der Waals surface area contributed by atoms with E-state index in [1.54, 1.807) is 12.1 Å². The van der Waals surface area contributed by atoms with Gasteiger partial charge in [-0.05, 0) is 29.8 Å². The van der Waals surface area contributed by atoms with Crippen LogP contribution in [0.2, 0.25) is 0 Å². The zero-order valence-electron chi connectivity index (χ0n) is 10.1. The predicted octanol–water partition coefficient (Wildman–Crippen LogP) is 2.84. The Hall–Kier alpha value is -1.86. The molecule has 0 N–H and O–H groups in total. The zero-order valence-corrected chi connectivity index (χ0v) is 10.9. The average molecular weight is 259 g/mol. The number of nitriles is 1. The molecule has 0 aliphatic carbocycles. The van der Waals surface area contributed by atoms with Gasteiger partial charge in [0.15, 0.2) is 9.84 Å². The van der Waals surface area contributed by atoms with Crippen LogP contribution in [0.25, 0.3) is 10.8 Å². The van der Waals surface area contributed by atoms with E-state index in [-0.39, 0.29) is 17.1 Å².